The van der Waals surface area contributed by atoms with Crippen molar-refractivity contribution in [3.63, 3.8) is 0 Å². The first-order chi connectivity index (χ1) is 11.0. The zero-order valence-electron chi connectivity index (χ0n) is 14.7. The first-order valence-electron chi connectivity index (χ1n) is 9.33. The molecule has 4 nitrogen and oxygen atoms in total. The highest BCUT2D eigenvalue weighted by Crippen LogP contribution is 2.72. The summed E-state index contributed by atoms with van der Waals surface area (Å²) in [6.45, 7) is 6.46. The van der Waals surface area contributed by atoms with E-state index in [4.69, 9.17) is 9.05 Å². The molecule has 0 unspecified atom stereocenters. The molecule has 3 rings (SSSR count). The number of hydrogen-bond donors (Lipinski definition) is 1. The third-order valence-corrected chi connectivity index (χ3v) is 8.95. The van der Waals surface area contributed by atoms with Gasteiger partial charge in [0.05, 0.1) is 13.2 Å². The molecule has 0 heterocycles. The Balaban J connectivity index is 2.11. The predicted octanol–water partition coefficient (Wildman–Crippen LogP) is 4.88. The highest BCUT2D eigenvalue weighted by atomic mass is 31.2. The lowest BCUT2D eigenvalue weighted by molar-refractivity contribution is -0.0651. The largest absolute Gasteiger partial charge is 0.377 e. The molecule has 4 atom stereocenters. The number of allylic oxidation sites excluding steroid dienone is 1. The van der Waals surface area contributed by atoms with Gasteiger partial charge in [0, 0.05) is 11.8 Å². The molecule has 3 aliphatic carbocycles. The lowest BCUT2D eigenvalue weighted by Crippen LogP contribution is -2.55. The average molecular weight is 342 g/mol. The number of aliphatic hydroxyl groups is 1. The minimum Gasteiger partial charge on any atom is -0.377 e. The Morgan fingerprint density at radius 3 is 2.30 bits per heavy atom. The highest BCUT2D eigenvalue weighted by Gasteiger charge is 2.65. The zero-order chi connectivity index (χ0) is 16.7. The van der Waals surface area contributed by atoms with Crippen molar-refractivity contribution in [2.24, 2.45) is 17.8 Å². The van der Waals surface area contributed by atoms with E-state index in [-0.39, 0.29) is 17.8 Å². The Morgan fingerprint density at radius 1 is 1.09 bits per heavy atom. The van der Waals surface area contributed by atoms with Gasteiger partial charge in [-0.2, -0.15) is 0 Å². The first kappa shape index (κ1) is 17.7. The van der Waals surface area contributed by atoms with Gasteiger partial charge in [0.2, 0.25) is 0 Å². The van der Waals surface area contributed by atoms with Gasteiger partial charge in [0.25, 0.3) is 0 Å². The Kier molecular flexibility index (Phi) is 5.09. The monoisotopic (exact) mass is 342 g/mol. The van der Waals surface area contributed by atoms with Gasteiger partial charge in [0.15, 0.2) is 5.34 Å². The Labute approximate surface area is 140 Å². The van der Waals surface area contributed by atoms with Gasteiger partial charge in [-0.25, -0.2) is 0 Å². The smallest absolute Gasteiger partial charge is 0.362 e. The minimum atomic E-state index is -3.56. The molecule has 0 aromatic heterocycles. The van der Waals surface area contributed by atoms with Gasteiger partial charge < -0.3 is 14.2 Å². The second-order valence-corrected chi connectivity index (χ2v) is 9.48. The quantitative estimate of drug-likeness (QED) is 0.571. The Morgan fingerprint density at radius 2 is 1.70 bits per heavy atom. The number of fused-ring (bicyclic) bond motifs is 3. The second kappa shape index (κ2) is 6.63. The van der Waals surface area contributed by atoms with Crippen LogP contribution in [0, 0.1) is 17.8 Å². The van der Waals surface area contributed by atoms with Crippen LogP contribution in [0.15, 0.2) is 11.1 Å². The van der Waals surface area contributed by atoms with E-state index in [2.05, 4.69) is 6.92 Å². The number of hydrogen-bond acceptors (Lipinski definition) is 4. The van der Waals surface area contributed by atoms with E-state index in [1.54, 1.807) is 0 Å². The molecule has 0 aromatic carbocycles. The maximum Gasteiger partial charge on any atom is 0.362 e. The van der Waals surface area contributed by atoms with Crippen molar-refractivity contribution in [1.82, 2.24) is 0 Å². The topological polar surface area (TPSA) is 55.8 Å². The maximum absolute atomic E-state index is 13.6. The Hall–Kier alpha value is -0.150. The van der Waals surface area contributed by atoms with E-state index in [1.807, 2.05) is 13.8 Å². The summed E-state index contributed by atoms with van der Waals surface area (Å²) in [7, 11) is -3.56. The molecule has 0 spiro atoms. The van der Waals surface area contributed by atoms with Gasteiger partial charge in [-0.15, -0.1) is 0 Å². The minimum absolute atomic E-state index is 0.0120. The van der Waals surface area contributed by atoms with Crippen molar-refractivity contribution in [3.05, 3.63) is 11.1 Å². The van der Waals surface area contributed by atoms with Crippen LogP contribution in [0.4, 0.5) is 0 Å². The van der Waals surface area contributed by atoms with Crippen molar-refractivity contribution < 1.29 is 18.7 Å². The third-order valence-electron chi connectivity index (χ3n) is 6.23. The third kappa shape index (κ3) is 2.57. The summed E-state index contributed by atoms with van der Waals surface area (Å²) in [5.41, 5.74) is 2.91. The van der Waals surface area contributed by atoms with Crippen LogP contribution in [0.25, 0.3) is 0 Å². The summed E-state index contributed by atoms with van der Waals surface area (Å²) in [5.74, 6) is 0.222. The van der Waals surface area contributed by atoms with E-state index in [0.29, 0.717) is 13.2 Å². The normalized spacial score (nSPS) is 37.7. The average Bonchev–Trinajstić information content (AvgIpc) is 2.53. The van der Waals surface area contributed by atoms with Crippen molar-refractivity contribution in [1.29, 1.82) is 0 Å². The molecular weight excluding hydrogens is 311 g/mol. The molecule has 0 aromatic rings. The van der Waals surface area contributed by atoms with Crippen molar-refractivity contribution in [2.75, 3.05) is 13.2 Å². The molecule has 0 radical (unpaired) electrons. The summed E-state index contributed by atoms with van der Waals surface area (Å²) < 4.78 is 24.9. The standard InChI is InChI=1S/C18H31O4P/c1-4-21-23(20,22-5-2)18(19)16-11-8-12-17(18)15-10-7-6-9-14(15)13(16)3/h13,16-17,19H,4-12H2,1-3H3/t13-,16-,17+,18-/m0/s1. The summed E-state index contributed by atoms with van der Waals surface area (Å²) >= 11 is 0. The second-order valence-electron chi connectivity index (χ2n) is 7.25. The molecule has 1 N–H and O–H groups in total. The van der Waals surface area contributed by atoms with Gasteiger partial charge in [-0.1, -0.05) is 24.5 Å². The molecule has 5 heteroatoms. The summed E-state index contributed by atoms with van der Waals surface area (Å²) in [5, 5.41) is 10.5. The van der Waals surface area contributed by atoms with Crippen molar-refractivity contribution in [3.8, 4) is 0 Å². The van der Waals surface area contributed by atoms with Crippen LogP contribution in [-0.2, 0) is 13.6 Å². The van der Waals surface area contributed by atoms with Crippen LogP contribution < -0.4 is 0 Å². The van der Waals surface area contributed by atoms with Crippen LogP contribution in [-0.4, -0.2) is 23.7 Å². The molecule has 1 saturated carbocycles. The van der Waals surface area contributed by atoms with Gasteiger partial charge >= 0.3 is 7.60 Å². The molecular formula is C18H31O4P. The van der Waals surface area contributed by atoms with E-state index in [0.717, 1.165) is 32.1 Å². The molecule has 0 saturated heterocycles. The van der Waals surface area contributed by atoms with Crippen molar-refractivity contribution in [2.45, 2.75) is 71.1 Å². The van der Waals surface area contributed by atoms with Crippen LogP contribution in [0.1, 0.15) is 65.7 Å². The Bertz CT molecular complexity index is 519. The fourth-order valence-corrected chi connectivity index (χ4v) is 7.96. The van der Waals surface area contributed by atoms with Crippen LogP contribution in [0.3, 0.4) is 0 Å². The van der Waals surface area contributed by atoms with E-state index >= 15 is 0 Å². The zero-order valence-corrected chi connectivity index (χ0v) is 15.6. The molecule has 23 heavy (non-hydrogen) atoms. The van der Waals surface area contributed by atoms with Gasteiger partial charge in [-0.05, 0) is 58.3 Å². The molecule has 0 aliphatic heterocycles. The lowest BCUT2D eigenvalue weighted by atomic mass is 9.59. The number of rotatable bonds is 5. The summed E-state index contributed by atoms with van der Waals surface area (Å²) in [4.78, 5) is 0. The summed E-state index contributed by atoms with van der Waals surface area (Å²) in [6.07, 6.45) is 7.52. The molecule has 132 valence electrons. The van der Waals surface area contributed by atoms with Gasteiger partial charge in [0.1, 0.15) is 0 Å². The maximum atomic E-state index is 13.6. The fourth-order valence-electron chi connectivity index (χ4n) is 5.36. The lowest BCUT2D eigenvalue weighted by Gasteiger charge is -2.55. The molecule has 3 aliphatic rings. The first-order valence-corrected chi connectivity index (χ1v) is 10.9. The SMILES string of the molecule is CCOP(=O)(OCC)[C@]1(O)[C@@H]2CCC[C@H]1[C@@H](C)C1=C2CCCC1. The van der Waals surface area contributed by atoms with E-state index in [1.165, 1.54) is 24.0 Å². The summed E-state index contributed by atoms with van der Waals surface area (Å²) in [6, 6.07) is 0. The van der Waals surface area contributed by atoms with Crippen LogP contribution in [0.2, 0.25) is 0 Å². The molecule has 2 bridgehead atoms. The van der Waals surface area contributed by atoms with E-state index in [9.17, 15) is 9.67 Å². The van der Waals surface area contributed by atoms with E-state index < -0.39 is 12.9 Å². The van der Waals surface area contributed by atoms with Crippen molar-refractivity contribution >= 4 is 7.60 Å². The predicted molar refractivity (Wildman–Crippen MR) is 91.3 cm³/mol. The van der Waals surface area contributed by atoms with Crippen LogP contribution in [0.5, 0.6) is 0 Å². The molecule has 1 fully saturated rings. The fraction of sp³-hybridized carbons (Fsp3) is 0.889. The van der Waals surface area contributed by atoms with Gasteiger partial charge in [-0.3, -0.25) is 4.57 Å². The highest BCUT2D eigenvalue weighted by molar-refractivity contribution is 7.55. The molecule has 0 amide bonds. The van der Waals surface area contributed by atoms with Crippen LogP contribution >= 0.6 is 7.60 Å².